The third kappa shape index (κ3) is 3.04. The lowest BCUT2D eigenvalue weighted by molar-refractivity contribution is 0.0620. The summed E-state index contributed by atoms with van der Waals surface area (Å²) in [4.78, 5) is -0.539. The maximum atomic E-state index is 13.0. The van der Waals surface area contributed by atoms with Crippen LogP contribution in [0.3, 0.4) is 0 Å². The molecule has 0 spiro atoms. The van der Waals surface area contributed by atoms with Gasteiger partial charge in [-0.2, -0.15) is 8.78 Å². The molecule has 0 N–H and O–H groups in total. The number of hydrogen-bond donors (Lipinski definition) is 0. The molecule has 0 fully saturated rings. The molecular formula is C12H15F3O2S. The maximum absolute atomic E-state index is 13.0. The van der Waals surface area contributed by atoms with Crippen molar-refractivity contribution in [3.05, 3.63) is 29.8 Å². The standard InChI is InChI=1S/C12H15F3O2S/c1-9(2)6-10-4-3-5-11(7-10)18(16,17)12(14,15)8-13/h3-5,7,9H,6,8H2,1-2H3. The summed E-state index contributed by atoms with van der Waals surface area (Å²) in [5.74, 6) is 0.268. The highest BCUT2D eigenvalue weighted by Crippen LogP contribution is 2.30. The van der Waals surface area contributed by atoms with E-state index in [-0.39, 0.29) is 5.92 Å². The van der Waals surface area contributed by atoms with Crippen LogP contribution in [0.15, 0.2) is 29.2 Å². The molecule has 6 heteroatoms. The molecule has 102 valence electrons. The Balaban J connectivity index is 3.18. The number of rotatable bonds is 5. The van der Waals surface area contributed by atoms with Crippen LogP contribution in [0.5, 0.6) is 0 Å². The van der Waals surface area contributed by atoms with Gasteiger partial charge in [0.1, 0.15) is 0 Å². The first-order valence-corrected chi connectivity index (χ1v) is 6.96. The third-order valence-corrected chi connectivity index (χ3v) is 4.17. The molecule has 0 aromatic heterocycles. The molecule has 0 aliphatic rings. The minimum atomic E-state index is -4.96. The number of benzene rings is 1. The van der Waals surface area contributed by atoms with Crippen LogP contribution in [-0.4, -0.2) is 20.3 Å². The highest BCUT2D eigenvalue weighted by molar-refractivity contribution is 7.92. The lowest BCUT2D eigenvalue weighted by Crippen LogP contribution is -2.31. The fourth-order valence-electron chi connectivity index (χ4n) is 1.56. The Morgan fingerprint density at radius 2 is 1.89 bits per heavy atom. The summed E-state index contributed by atoms with van der Waals surface area (Å²) < 4.78 is 61.3. The van der Waals surface area contributed by atoms with Crippen LogP contribution in [0.25, 0.3) is 0 Å². The summed E-state index contributed by atoms with van der Waals surface area (Å²) in [7, 11) is -4.96. The highest BCUT2D eigenvalue weighted by Gasteiger charge is 2.46. The van der Waals surface area contributed by atoms with Crippen molar-refractivity contribution in [1.29, 1.82) is 0 Å². The first-order valence-electron chi connectivity index (χ1n) is 5.48. The van der Waals surface area contributed by atoms with E-state index in [2.05, 4.69) is 0 Å². The predicted molar refractivity (Wildman–Crippen MR) is 63.1 cm³/mol. The monoisotopic (exact) mass is 280 g/mol. The van der Waals surface area contributed by atoms with Gasteiger partial charge in [0, 0.05) is 0 Å². The van der Waals surface area contributed by atoms with E-state index < -0.39 is 26.7 Å². The van der Waals surface area contributed by atoms with Gasteiger partial charge in [-0.05, 0) is 30.0 Å². The number of halogens is 3. The molecule has 0 aliphatic carbocycles. The van der Waals surface area contributed by atoms with Gasteiger partial charge in [0.2, 0.25) is 9.84 Å². The second-order valence-corrected chi connectivity index (χ2v) is 6.60. The van der Waals surface area contributed by atoms with Crippen molar-refractivity contribution >= 4 is 9.84 Å². The summed E-state index contributed by atoms with van der Waals surface area (Å²) in [6, 6.07) is 5.28. The molecule has 0 unspecified atom stereocenters. The van der Waals surface area contributed by atoms with E-state index in [1.807, 2.05) is 13.8 Å². The fraction of sp³-hybridized carbons (Fsp3) is 0.500. The molecule has 0 saturated heterocycles. The molecule has 1 aromatic rings. The van der Waals surface area contributed by atoms with E-state index in [0.29, 0.717) is 12.0 Å². The molecular weight excluding hydrogens is 265 g/mol. The van der Waals surface area contributed by atoms with Crippen LogP contribution in [0.4, 0.5) is 13.2 Å². The van der Waals surface area contributed by atoms with E-state index in [4.69, 9.17) is 0 Å². The maximum Gasteiger partial charge on any atom is 0.377 e. The zero-order valence-electron chi connectivity index (χ0n) is 10.2. The molecule has 0 atom stereocenters. The Hall–Kier alpha value is -1.04. The zero-order chi connectivity index (χ0) is 14.0. The molecule has 1 aromatic carbocycles. The molecule has 0 heterocycles. The van der Waals surface area contributed by atoms with Crippen LogP contribution in [0.1, 0.15) is 19.4 Å². The second kappa shape index (κ2) is 5.30. The second-order valence-electron chi connectivity index (χ2n) is 4.52. The molecule has 0 bridgehead atoms. The van der Waals surface area contributed by atoms with Gasteiger partial charge >= 0.3 is 5.25 Å². The van der Waals surface area contributed by atoms with Gasteiger partial charge in [-0.25, -0.2) is 12.8 Å². The Labute approximate surface area is 105 Å². The molecule has 1 rings (SSSR count). The normalized spacial score (nSPS) is 13.0. The van der Waals surface area contributed by atoms with Crippen molar-refractivity contribution in [2.45, 2.75) is 30.4 Å². The fourth-order valence-corrected chi connectivity index (χ4v) is 2.61. The molecule has 0 aliphatic heterocycles. The van der Waals surface area contributed by atoms with Gasteiger partial charge in [-0.1, -0.05) is 26.0 Å². The summed E-state index contributed by atoms with van der Waals surface area (Å²) in [5, 5.41) is -4.37. The van der Waals surface area contributed by atoms with Crippen LogP contribution >= 0.6 is 0 Å². The van der Waals surface area contributed by atoms with Crippen molar-refractivity contribution in [2.24, 2.45) is 5.92 Å². The topological polar surface area (TPSA) is 34.1 Å². The van der Waals surface area contributed by atoms with E-state index in [9.17, 15) is 21.6 Å². The molecule has 0 radical (unpaired) electrons. The largest absolute Gasteiger partial charge is 0.377 e. The summed E-state index contributed by atoms with van der Waals surface area (Å²) in [6.45, 7) is 1.64. The first-order chi connectivity index (χ1) is 8.20. The van der Waals surface area contributed by atoms with E-state index in [1.165, 1.54) is 12.1 Å². The van der Waals surface area contributed by atoms with Gasteiger partial charge in [-0.15, -0.1) is 0 Å². The predicted octanol–water partition coefficient (Wildman–Crippen LogP) is 3.22. The molecule has 0 saturated carbocycles. The number of alkyl halides is 3. The smallest absolute Gasteiger partial charge is 0.243 e. The number of hydrogen-bond acceptors (Lipinski definition) is 2. The molecule has 18 heavy (non-hydrogen) atoms. The minimum Gasteiger partial charge on any atom is -0.243 e. The third-order valence-electron chi connectivity index (χ3n) is 2.40. The van der Waals surface area contributed by atoms with Crippen molar-refractivity contribution in [3.8, 4) is 0 Å². The average molecular weight is 280 g/mol. The van der Waals surface area contributed by atoms with Crippen LogP contribution in [0.2, 0.25) is 0 Å². The Kier molecular flexibility index (Phi) is 4.42. The van der Waals surface area contributed by atoms with Crippen molar-refractivity contribution < 1.29 is 21.6 Å². The first kappa shape index (κ1) is 15.0. The lowest BCUT2D eigenvalue weighted by atomic mass is 10.0. The lowest BCUT2D eigenvalue weighted by Gasteiger charge is -2.14. The summed E-state index contributed by atoms with van der Waals surface area (Å²) in [6.07, 6.45) is 0.574. The van der Waals surface area contributed by atoms with Gasteiger partial charge in [0.25, 0.3) is 0 Å². The highest BCUT2D eigenvalue weighted by atomic mass is 32.2. The average Bonchev–Trinajstić information content (AvgIpc) is 2.28. The van der Waals surface area contributed by atoms with Gasteiger partial charge in [0.15, 0.2) is 6.67 Å². The van der Waals surface area contributed by atoms with E-state index in [0.717, 1.165) is 6.07 Å². The van der Waals surface area contributed by atoms with Crippen LogP contribution in [-0.2, 0) is 16.3 Å². The zero-order valence-corrected chi connectivity index (χ0v) is 11.0. The summed E-state index contributed by atoms with van der Waals surface area (Å²) >= 11 is 0. The Bertz CT molecular complexity index is 510. The van der Waals surface area contributed by atoms with Crippen LogP contribution < -0.4 is 0 Å². The quantitative estimate of drug-likeness (QED) is 0.830. The van der Waals surface area contributed by atoms with Gasteiger partial charge in [-0.3, -0.25) is 0 Å². The minimum absolute atomic E-state index is 0.268. The van der Waals surface area contributed by atoms with Crippen molar-refractivity contribution in [3.63, 3.8) is 0 Å². The van der Waals surface area contributed by atoms with Gasteiger partial charge in [0.05, 0.1) is 4.90 Å². The molecule has 0 amide bonds. The number of sulfone groups is 1. The van der Waals surface area contributed by atoms with Gasteiger partial charge < -0.3 is 0 Å². The van der Waals surface area contributed by atoms with Crippen molar-refractivity contribution in [1.82, 2.24) is 0 Å². The van der Waals surface area contributed by atoms with E-state index in [1.54, 1.807) is 6.07 Å². The van der Waals surface area contributed by atoms with Crippen LogP contribution in [0, 0.1) is 5.92 Å². The van der Waals surface area contributed by atoms with Crippen molar-refractivity contribution in [2.75, 3.05) is 6.67 Å². The summed E-state index contributed by atoms with van der Waals surface area (Å²) in [5.41, 5.74) is 0.640. The molecule has 2 nitrogen and oxygen atoms in total. The SMILES string of the molecule is CC(C)Cc1cccc(S(=O)(=O)C(F)(F)CF)c1. The Morgan fingerprint density at radius 1 is 1.28 bits per heavy atom. The Morgan fingerprint density at radius 3 is 2.39 bits per heavy atom. The van der Waals surface area contributed by atoms with E-state index >= 15 is 0 Å².